The van der Waals surface area contributed by atoms with Crippen LogP contribution in [0.2, 0.25) is 0 Å². The fourth-order valence-electron chi connectivity index (χ4n) is 2.80. The number of aldehydes is 1. The van der Waals surface area contributed by atoms with Crippen LogP contribution < -0.4 is 10.2 Å². The van der Waals surface area contributed by atoms with Crippen molar-refractivity contribution in [3.63, 3.8) is 0 Å². The van der Waals surface area contributed by atoms with E-state index in [0.29, 0.717) is 11.8 Å². The van der Waals surface area contributed by atoms with Gasteiger partial charge in [-0.25, -0.2) is 13.6 Å². The SMILES string of the molecule is CC.Cc1cc(F)c(N(C)C(=O)N2CCNC(=O)C2(C)CC=O)c(F)c1. The lowest BCUT2D eigenvalue weighted by Crippen LogP contribution is -2.66. The van der Waals surface area contributed by atoms with Crippen LogP contribution in [0.1, 0.15) is 32.8 Å². The van der Waals surface area contributed by atoms with Gasteiger partial charge in [0.1, 0.15) is 29.1 Å². The fourth-order valence-corrected chi connectivity index (χ4v) is 2.80. The maximum atomic E-state index is 14.1. The molecule has 0 aromatic heterocycles. The minimum absolute atomic E-state index is 0.133. The monoisotopic (exact) mass is 369 g/mol. The zero-order valence-corrected chi connectivity index (χ0v) is 15.7. The van der Waals surface area contributed by atoms with E-state index in [1.54, 1.807) is 0 Å². The van der Waals surface area contributed by atoms with Crippen LogP contribution in [0.15, 0.2) is 12.1 Å². The van der Waals surface area contributed by atoms with Crippen molar-refractivity contribution >= 4 is 23.9 Å². The van der Waals surface area contributed by atoms with Gasteiger partial charge in [-0.15, -0.1) is 0 Å². The van der Waals surface area contributed by atoms with Crippen LogP contribution in [-0.2, 0) is 9.59 Å². The molecule has 1 aromatic carbocycles. The first-order valence-corrected chi connectivity index (χ1v) is 8.45. The lowest BCUT2D eigenvalue weighted by Gasteiger charge is -2.44. The van der Waals surface area contributed by atoms with Crippen molar-refractivity contribution in [2.24, 2.45) is 0 Å². The lowest BCUT2D eigenvalue weighted by molar-refractivity contribution is -0.136. The van der Waals surface area contributed by atoms with Gasteiger partial charge in [-0.05, 0) is 31.5 Å². The van der Waals surface area contributed by atoms with Crippen LogP contribution in [0, 0.1) is 18.6 Å². The highest BCUT2D eigenvalue weighted by molar-refractivity contribution is 5.99. The van der Waals surface area contributed by atoms with Crippen molar-refractivity contribution in [3.05, 3.63) is 29.3 Å². The summed E-state index contributed by atoms with van der Waals surface area (Å²) < 4.78 is 28.2. The van der Waals surface area contributed by atoms with Gasteiger partial charge in [-0.2, -0.15) is 0 Å². The number of nitrogens with zero attached hydrogens (tertiary/aromatic N) is 2. The molecule has 6 nitrogen and oxygen atoms in total. The summed E-state index contributed by atoms with van der Waals surface area (Å²) in [7, 11) is 1.23. The van der Waals surface area contributed by atoms with Gasteiger partial charge in [-0.1, -0.05) is 13.8 Å². The number of carbonyl (C=O) groups is 3. The summed E-state index contributed by atoms with van der Waals surface area (Å²) in [6.45, 7) is 7.32. The van der Waals surface area contributed by atoms with Gasteiger partial charge >= 0.3 is 6.03 Å². The van der Waals surface area contributed by atoms with Gasteiger partial charge in [0.2, 0.25) is 5.91 Å². The Hall–Kier alpha value is -2.51. The molecule has 8 heteroatoms. The second kappa shape index (κ2) is 8.73. The Kier molecular flexibility index (Phi) is 7.23. The first-order chi connectivity index (χ1) is 12.2. The molecule has 1 saturated heterocycles. The molecular weight excluding hydrogens is 344 g/mol. The van der Waals surface area contributed by atoms with Crippen molar-refractivity contribution in [1.29, 1.82) is 0 Å². The van der Waals surface area contributed by atoms with Crippen LogP contribution in [-0.4, -0.2) is 48.8 Å². The molecule has 144 valence electrons. The predicted molar refractivity (Wildman–Crippen MR) is 95.0 cm³/mol. The number of piperazine rings is 1. The van der Waals surface area contributed by atoms with Gasteiger partial charge < -0.3 is 15.0 Å². The van der Waals surface area contributed by atoms with Crippen LogP contribution in [0.4, 0.5) is 19.3 Å². The topological polar surface area (TPSA) is 69.7 Å². The van der Waals surface area contributed by atoms with Gasteiger partial charge in [0.15, 0.2) is 0 Å². The number of amides is 3. The Balaban J connectivity index is 0.00000163. The highest BCUT2D eigenvalue weighted by Crippen LogP contribution is 2.28. The number of halogens is 2. The van der Waals surface area contributed by atoms with Crippen molar-refractivity contribution in [1.82, 2.24) is 10.2 Å². The quantitative estimate of drug-likeness (QED) is 0.833. The van der Waals surface area contributed by atoms with Crippen LogP contribution in [0.5, 0.6) is 0 Å². The molecule has 0 bridgehead atoms. The number of benzene rings is 1. The van der Waals surface area contributed by atoms with Gasteiger partial charge in [0, 0.05) is 26.6 Å². The molecule has 1 aromatic rings. The Morgan fingerprint density at radius 2 is 1.88 bits per heavy atom. The molecule has 1 N–H and O–H groups in total. The number of aryl methyl sites for hydroxylation is 1. The Labute approximate surface area is 152 Å². The molecule has 3 amide bonds. The van der Waals surface area contributed by atoms with Crippen LogP contribution >= 0.6 is 0 Å². The molecule has 0 aliphatic carbocycles. The zero-order chi connectivity index (χ0) is 20.1. The van der Waals surface area contributed by atoms with Crippen LogP contribution in [0.25, 0.3) is 0 Å². The predicted octanol–water partition coefficient (Wildman–Crippen LogP) is 2.64. The third-order valence-electron chi connectivity index (χ3n) is 4.20. The second-order valence-electron chi connectivity index (χ2n) is 5.97. The van der Waals surface area contributed by atoms with Crippen LogP contribution in [0.3, 0.4) is 0 Å². The number of rotatable bonds is 3. The number of hydrogen-bond donors (Lipinski definition) is 1. The minimum Gasteiger partial charge on any atom is -0.352 e. The maximum absolute atomic E-state index is 14.1. The van der Waals surface area contributed by atoms with E-state index in [2.05, 4.69) is 5.32 Å². The maximum Gasteiger partial charge on any atom is 0.325 e. The summed E-state index contributed by atoms with van der Waals surface area (Å²) in [6, 6.07) is 1.49. The molecular formula is C18H25F2N3O3. The van der Waals surface area contributed by atoms with E-state index in [1.165, 1.54) is 25.8 Å². The molecule has 1 unspecified atom stereocenters. The lowest BCUT2D eigenvalue weighted by atomic mass is 9.93. The summed E-state index contributed by atoms with van der Waals surface area (Å²) in [5.74, 6) is -2.23. The first-order valence-electron chi connectivity index (χ1n) is 8.45. The van der Waals surface area contributed by atoms with E-state index in [1.807, 2.05) is 13.8 Å². The van der Waals surface area contributed by atoms with E-state index in [4.69, 9.17) is 0 Å². The summed E-state index contributed by atoms with van der Waals surface area (Å²) in [5, 5.41) is 2.59. The van der Waals surface area contributed by atoms with E-state index in [-0.39, 0.29) is 19.5 Å². The molecule has 0 spiro atoms. The molecule has 2 rings (SSSR count). The van der Waals surface area contributed by atoms with E-state index < -0.39 is 34.8 Å². The molecule has 1 atom stereocenters. The summed E-state index contributed by atoms with van der Waals surface area (Å²) in [4.78, 5) is 37.8. The molecule has 1 heterocycles. The van der Waals surface area contributed by atoms with Gasteiger partial charge in [0.05, 0.1) is 0 Å². The zero-order valence-electron chi connectivity index (χ0n) is 15.7. The summed E-state index contributed by atoms with van der Waals surface area (Å²) in [6.07, 6.45) is 0.329. The number of nitrogens with one attached hydrogen (secondary N) is 1. The largest absolute Gasteiger partial charge is 0.352 e. The first kappa shape index (κ1) is 21.5. The molecule has 0 radical (unpaired) electrons. The average molecular weight is 369 g/mol. The molecule has 1 aliphatic heterocycles. The summed E-state index contributed by atoms with van der Waals surface area (Å²) >= 11 is 0. The van der Waals surface area contributed by atoms with Crippen molar-refractivity contribution in [2.75, 3.05) is 25.0 Å². The smallest absolute Gasteiger partial charge is 0.325 e. The van der Waals surface area contributed by atoms with Crippen molar-refractivity contribution in [2.45, 2.75) is 39.7 Å². The second-order valence-corrected chi connectivity index (χ2v) is 5.97. The number of urea groups is 1. The van der Waals surface area contributed by atoms with E-state index in [9.17, 15) is 23.2 Å². The normalized spacial score (nSPS) is 19.2. The standard InChI is InChI=1S/C16H19F2N3O3.C2H6/c1-10-8-11(17)13(12(18)9-10)20(3)15(24)21-6-5-19-14(23)16(21,2)4-7-22;1-2/h7-9H,4-6H2,1-3H3,(H,19,23);1-2H3. The number of carbonyl (C=O) groups excluding carboxylic acids is 3. The highest BCUT2D eigenvalue weighted by atomic mass is 19.1. The Morgan fingerprint density at radius 1 is 1.35 bits per heavy atom. The Bertz CT molecular complexity index is 673. The molecule has 0 saturated carbocycles. The number of hydrogen-bond acceptors (Lipinski definition) is 3. The average Bonchev–Trinajstić information content (AvgIpc) is 2.58. The third-order valence-corrected chi connectivity index (χ3v) is 4.20. The summed E-state index contributed by atoms with van der Waals surface area (Å²) in [5.41, 5.74) is -1.51. The van der Waals surface area contributed by atoms with Gasteiger partial charge in [-0.3, -0.25) is 9.69 Å². The van der Waals surface area contributed by atoms with Gasteiger partial charge in [0.25, 0.3) is 0 Å². The van der Waals surface area contributed by atoms with Crippen molar-refractivity contribution < 1.29 is 23.2 Å². The fraction of sp³-hybridized carbons (Fsp3) is 0.500. The third kappa shape index (κ3) is 4.00. The number of anilines is 1. The highest BCUT2D eigenvalue weighted by Gasteiger charge is 2.45. The molecule has 1 aliphatic rings. The molecule has 26 heavy (non-hydrogen) atoms. The van der Waals surface area contributed by atoms with E-state index in [0.717, 1.165) is 17.0 Å². The molecule has 1 fully saturated rings. The van der Waals surface area contributed by atoms with E-state index >= 15 is 0 Å². The van der Waals surface area contributed by atoms with Crippen molar-refractivity contribution in [3.8, 4) is 0 Å². The Morgan fingerprint density at radius 3 is 2.38 bits per heavy atom. The minimum atomic E-state index is -1.40.